The van der Waals surface area contributed by atoms with Crippen molar-refractivity contribution in [2.24, 2.45) is 5.84 Å². The number of hydrazine groups is 1. The Labute approximate surface area is 109 Å². The molecule has 0 atom stereocenters. The molecule has 3 N–H and O–H groups in total. The van der Waals surface area contributed by atoms with E-state index in [9.17, 15) is 0 Å². The number of anilines is 1. The van der Waals surface area contributed by atoms with Crippen LogP contribution in [0.1, 0.15) is 30.0 Å². The monoisotopic (exact) mass is 291 g/mol. The highest BCUT2D eigenvalue weighted by molar-refractivity contribution is 9.10. The molecule has 0 unspecified atom stereocenters. The fraction of sp³-hybridized carbons (Fsp3) is 0.308. The zero-order valence-electron chi connectivity index (χ0n) is 9.63. The number of halogens is 1. The molecule has 17 heavy (non-hydrogen) atoms. The topological polar surface area (TPSA) is 50.9 Å². The molecule has 0 aliphatic heterocycles. The maximum atomic E-state index is 5.61. The summed E-state index contributed by atoms with van der Waals surface area (Å²) in [6.45, 7) is 2.08. The van der Waals surface area contributed by atoms with Crippen LogP contribution in [0.3, 0.4) is 0 Å². The Bertz CT molecular complexity index is 591. The van der Waals surface area contributed by atoms with Gasteiger partial charge in [-0.3, -0.25) is 10.8 Å². The van der Waals surface area contributed by atoms with Gasteiger partial charge in [-0.2, -0.15) is 0 Å². The van der Waals surface area contributed by atoms with Gasteiger partial charge in [0, 0.05) is 21.5 Å². The summed E-state index contributed by atoms with van der Waals surface area (Å²) in [6, 6.07) is 6.22. The summed E-state index contributed by atoms with van der Waals surface area (Å²) in [5.74, 6) is 6.25. The van der Waals surface area contributed by atoms with Gasteiger partial charge in [-0.25, -0.2) is 0 Å². The molecule has 0 saturated heterocycles. The summed E-state index contributed by atoms with van der Waals surface area (Å²) in [5, 5.41) is 1.07. The number of nitrogens with two attached hydrogens (primary N) is 1. The van der Waals surface area contributed by atoms with E-state index < -0.39 is 0 Å². The number of pyridine rings is 1. The molecule has 1 aliphatic rings. The highest BCUT2D eigenvalue weighted by Gasteiger charge is 2.26. The molecule has 1 fully saturated rings. The summed E-state index contributed by atoms with van der Waals surface area (Å²) in [7, 11) is 0. The quantitative estimate of drug-likeness (QED) is 0.658. The van der Waals surface area contributed by atoms with Gasteiger partial charge < -0.3 is 5.43 Å². The van der Waals surface area contributed by atoms with Gasteiger partial charge in [-0.1, -0.05) is 15.9 Å². The lowest BCUT2D eigenvalue weighted by Crippen LogP contribution is -2.08. The van der Waals surface area contributed by atoms with E-state index in [1.54, 1.807) is 0 Å². The number of rotatable bonds is 2. The van der Waals surface area contributed by atoms with Crippen molar-refractivity contribution in [2.45, 2.75) is 25.7 Å². The Morgan fingerprint density at radius 1 is 1.35 bits per heavy atom. The number of nitrogens with zero attached hydrogens (tertiary/aromatic N) is 1. The molecule has 0 amide bonds. The molecule has 1 aromatic heterocycles. The average Bonchev–Trinajstić information content (AvgIpc) is 3.11. The summed E-state index contributed by atoms with van der Waals surface area (Å²) in [4.78, 5) is 4.77. The van der Waals surface area contributed by atoms with E-state index in [2.05, 4.69) is 46.5 Å². The molecule has 3 rings (SSSR count). The van der Waals surface area contributed by atoms with E-state index in [1.807, 2.05) is 0 Å². The predicted molar refractivity (Wildman–Crippen MR) is 74.0 cm³/mol. The molecule has 2 aromatic rings. The van der Waals surface area contributed by atoms with E-state index in [-0.39, 0.29) is 0 Å². The minimum Gasteiger partial charge on any atom is -0.323 e. The highest BCUT2D eigenvalue weighted by Crippen LogP contribution is 2.41. The Morgan fingerprint density at radius 3 is 2.76 bits per heavy atom. The molecule has 1 aromatic carbocycles. The van der Waals surface area contributed by atoms with E-state index in [0.717, 1.165) is 26.8 Å². The van der Waals surface area contributed by atoms with E-state index in [0.29, 0.717) is 5.92 Å². The molecule has 0 bridgehead atoms. The molecule has 3 nitrogen and oxygen atoms in total. The lowest BCUT2D eigenvalue weighted by Gasteiger charge is -2.11. The number of aryl methyl sites for hydroxylation is 1. The fourth-order valence-corrected chi connectivity index (χ4v) is 2.76. The van der Waals surface area contributed by atoms with Crippen LogP contribution in [0, 0.1) is 6.92 Å². The zero-order valence-corrected chi connectivity index (χ0v) is 11.2. The molecule has 0 spiro atoms. The average molecular weight is 292 g/mol. The normalized spacial score (nSPS) is 15.2. The van der Waals surface area contributed by atoms with Gasteiger partial charge in [-0.05, 0) is 43.5 Å². The summed E-state index contributed by atoms with van der Waals surface area (Å²) in [6.07, 6.45) is 2.50. The first kappa shape index (κ1) is 11.0. The van der Waals surface area contributed by atoms with Crippen LogP contribution in [0.4, 0.5) is 5.69 Å². The van der Waals surface area contributed by atoms with Crippen LogP contribution < -0.4 is 11.3 Å². The third kappa shape index (κ3) is 1.91. The van der Waals surface area contributed by atoms with Crippen LogP contribution in [0.15, 0.2) is 22.7 Å². The first-order valence-corrected chi connectivity index (χ1v) is 6.56. The highest BCUT2D eigenvalue weighted by atomic mass is 79.9. The lowest BCUT2D eigenvalue weighted by atomic mass is 10.1. The molecular formula is C13H14BrN3. The molecule has 88 valence electrons. The summed E-state index contributed by atoms with van der Waals surface area (Å²) >= 11 is 3.51. The number of hydrogen-bond donors (Lipinski definition) is 2. The van der Waals surface area contributed by atoms with Gasteiger partial charge in [0.2, 0.25) is 0 Å². The molecule has 1 aliphatic carbocycles. The minimum atomic E-state index is 0.634. The second-order valence-corrected chi connectivity index (χ2v) is 5.55. The van der Waals surface area contributed by atoms with Crippen LogP contribution >= 0.6 is 15.9 Å². The second-order valence-electron chi connectivity index (χ2n) is 4.63. The molecule has 0 radical (unpaired) electrons. The third-order valence-corrected chi connectivity index (χ3v) is 3.70. The molecule has 1 heterocycles. The van der Waals surface area contributed by atoms with Crippen molar-refractivity contribution in [1.29, 1.82) is 0 Å². The van der Waals surface area contributed by atoms with Crippen molar-refractivity contribution in [1.82, 2.24) is 4.98 Å². The Morgan fingerprint density at radius 2 is 2.12 bits per heavy atom. The largest absolute Gasteiger partial charge is 0.323 e. The SMILES string of the molecule is Cc1cc(Br)cc2c(NN)cc(C3CC3)nc12. The van der Waals surface area contributed by atoms with Crippen molar-refractivity contribution in [2.75, 3.05) is 5.43 Å². The predicted octanol–water partition coefficient (Wildman–Crippen LogP) is 3.47. The number of nitrogens with one attached hydrogen (secondary N) is 1. The van der Waals surface area contributed by atoms with Gasteiger partial charge >= 0.3 is 0 Å². The maximum Gasteiger partial charge on any atom is 0.0756 e. The van der Waals surface area contributed by atoms with Crippen LogP contribution in [-0.2, 0) is 0 Å². The van der Waals surface area contributed by atoms with Gasteiger partial charge in [-0.15, -0.1) is 0 Å². The van der Waals surface area contributed by atoms with Crippen LogP contribution in [0.2, 0.25) is 0 Å². The first-order valence-electron chi connectivity index (χ1n) is 5.76. The third-order valence-electron chi connectivity index (χ3n) is 3.24. The van der Waals surface area contributed by atoms with Crippen molar-refractivity contribution < 1.29 is 0 Å². The Balaban J connectivity index is 2.31. The number of fused-ring (bicyclic) bond motifs is 1. The molecule has 1 saturated carbocycles. The summed E-state index contributed by atoms with van der Waals surface area (Å²) in [5.41, 5.74) is 7.13. The fourth-order valence-electron chi connectivity index (χ4n) is 2.18. The van der Waals surface area contributed by atoms with Crippen molar-refractivity contribution in [3.63, 3.8) is 0 Å². The van der Waals surface area contributed by atoms with Gasteiger partial charge in [0.15, 0.2) is 0 Å². The Hall–Kier alpha value is -1.13. The maximum absolute atomic E-state index is 5.61. The van der Waals surface area contributed by atoms with E-state index >= 15 is 0 Å². The lowest BCUT2D eigenvalue weighted by molar-refractivity contribution is 1.04. The van der Waals surface area contributed by atoms with Crippen molar-refractivity contribution in [3.05, 3.63) is 33.9 Å². The Kier molecular flexibility index (Phi) is 2.56. The van der Waals surface area contributed by atoms with Gasteiger partial charge in [0.25, 0.3) is 0 Å². The number of aromatic nitrogens is 1. The van der Waals surface area contributed by atoms with Crippen LogP contribution in [0.25, 0.3) is 10.9 Å². The van der Waals surface area contributed by atoms with Crippen LogP contribution in [-0.4, -0.2) is 4.98 Å². The standard InChI is InChI=1S/C13H14BrN3/c1-7-4-9(14)5-10-12(17-15)6-11(8-2-3-8)16-13(7)10/h4-6,8H,2-3,15H2,1H3,(H,16,17). The zero-order chi connectivity index (χ0) is 12.0. The minimum absolute atomic E-state index is 0.634. The number of benzene rings is 1. The van der Waals surface area contributed by atoms with Crippen molar-refractivity contribution >= 4 is 32.5 Å². The number of nitrogen functional groups attached to an aromatic ring is 1. The number of hydrogen-bond acceptors (Lipinski definition) is 3. The van der Waals surface area contributed by atoms with Crippen molar-refractivity contribution in [3.8, 4) is 0 Å². The summed E-state index contributed by atoms with van der Waals surface area (Å²) < 4.78 is 1.06. The van der Waals surface area contributed by atoms with E-state index in [1.165, 1.54) is 18.4 Å². The molecular weight excluding hydrogens is 278 g/mol. The van der Waals surface area contributed by atoms with E-state index in [4.69, 9.17) is 10.8 Å². The first-order chi connectivity index (χ1) is 8.19. The van der Waals surface area contributed by atoms with Gasteiger partial charge in [0.05, 0.1) is 11.2 Å². The van der Waals surface area contributed by atoms with Crippen LogP contribution in [0.5, 0.6) is 0 Å². The molecule has 4 heteroatoms. The second kappa shape index (κ2) is 3.96. The van der Waals surface area contributed by atoms with Gasteiger partial charge in [0.1, 0.15) is 0 Å². The smallest absolute Gasteiger partial charge is 0.0756 e.